The third-order valence-electron chi connectivity index (χ3n) is 7.05. The predicted octanol–water partition coefficient (Wildman–Crippen LogP) is 8.99. The van der Waals surface area contributed by atoms with Gasteiger partial charge in [0.25, 0.3) is 0 Å². The molecule has 0 fully saturated rings. The molecule has 0 bridgehead atoms. The molecule has 0 unspecified atom stereocenters. The quantitative estimate of drug-likeness (QED) is 0.146. The van der Waals surface area contributed by atoms with Crippen LogP contribution in [0.5, 0.6) is 0 Å². The monoisotopic (exact) mass is 501 g/mol. The number of hydrogen-bond acceptors (Lipinski definition) is 2. The van der Waals surface area contributed by atoms with E-state index in [1.165, 1.54) is 38.9 Å². The maximum Gasteiger partial charge on any atom is 0.346 e. The average Bonchev–Trinajstić information content (AvgIpc) is 2.99. The van der Waals surface area contributed by atoms with Crippen molar-refractivity contribution in [1.82, 2.24) is 0 Å². The number of fused-ring (bicyclic) bond motifs is 2. The molecular formula is C36H23NO2. The first-order valence-electron chi connectivity index (χ1n) is 12.7. The molecule has 0 heterocycles. The zero-order chi connectivity index (χ0) is 26.8. The van der Waals surface area contributed by atoms with E-state index < -0.39 is 5.97 Å². The lowest BCUT2D eigenvalue weighted by molar-refractivity contribution is -0.132. The van der Waals surface area contributed by atoms with Crippen LogP contribution in [0.1, 0.15) is 5.56 Å². The number of carboxylic acid groups (broad SMARTS) is 1. The van der Waals surface area contributed by atoms with E-state index in [1.54, 1.807) is 6.07 Å². The molecule has 6 rings (SSSR count). The Hall–Kier alpha value is -5.46. The molecule has 3 heteroatoms. The fourth-order valence-corrected chi connectivity index (χ4v) is 5.27. The van der Waals surface area contributed by atoms with Crippen molar-refractivity contribution in [3.63, 3.8) is 0 Å². The summed E-state index contributed by atoms with van der Waals surface area (Å²) in [4.78, 5) is 11.2. The second kappa shape index (κ2) is 10.1. The SMILES string of the molecule is N#C/C(=C\c1ccc(-c2ccc3c(-c4ccccc4)c4ccccc4c(-c4ccccc4)c3c2)cc1)C(=O)O. The van der Waals surface area contributed by atoms with Gasteiger partial charge in [0.15, 0.2) is 0 Å². The Balaban J connectivity index is 1.61. The van der Waals surface area contributed by atoms with Crippen LogP contribution in [-0.4, -0.2) is 11.1 Å². The number of nitrogens with zero attached hydrogens (tertiary/aromatic N) is 1. The summed E-state index contributed by atoms with van der Waals surface area (Å²) in [5.74, 6) is -1.23. The maximum absolute atomic E-state index is 11.2. The third-order valence-corrected chi connectivity index (χ3v) is 7.05. The van der Waals surface area contributed by atoms with Crippen LogP contribution in [0.25, 0.3) is 61.0 Å². The molecule has 0 aliphatic heterocycles. The summed E-state index contributed by atoms with van der Waals surface area (Å²) in [7, 11) is 0. The van der Waals surface area contributed by atoms with Crippen LogP contribution in [-0.2, 0) is 4.79 Å². The second-order valence-corrected chi connectivity index (χ2v) is 9.38. The first-order valence-corrected chi connectivity index (χ1v) is 12.7. The summed E-state index contributed by atoms with van der Waals surface area (Å²) >= 11 is 0. The van der Waals surface area contributed by atoms with E-state index in [1.807, 2.05) is 36.4 Å². The average molecular weight is 502 g/mol. The smallest absolute Gasteiger partial charge is 0.346 e. The van der Waals surface area contributed by atoms with Crippen LogP contribution in [0.15, 0.2) is 133 Å². The van der Waals surface area contributed by atoms with Crippen molar-refractivity contribution in [2.75, 3.05) is 0 Å². The van der Waals surface area contributed by atoms with Gasteiger partial charge in [-0.25, -0.2) is 4.79 Å². The Morgan fingerprint density at radius 3 is 1.59 bits per heavy atom. The number of carbonyl (C=O) groups is 1. The zero-order valence-corrected chi connectivity index (χ0v) is 21.0. The minimum atomic E-state index is -1.23. The highest BCUT2D eigenvalue weighted by Crippen LogP contribution is 2.44. The van der Waals surface area contributed by atoms with Crippen molar-refractivity contribution in [3.05, 3.63) is 139 Å². The van der Waals surface area contributed by atoms with E-state index in [2.05, 4.69) is 91.0 Å². The summed E-state index contributed by atoms with van der Waals surface area (Å²) in [5.41, 5.74) is 7.19. The van der Waals surface area contributed by atoms with E-state index in [0.29, 0.717) is 5.56 Å². The summed E-state index contributed by atoms with van der Waals surface area (Å²) in [6.45, 7) is 0. The molecule has 3 nitrogen and oxygen atoms in total. The standard InChI is InChI=1S/C36H23NO2/c37-23-29(36(38)39)21-24-15-17-25(18-16-24)28-19-20-32-33(22-28)35(27-11-5-2-6-12-27)31-14-8-7-13-30(31)34(32)26-9-3-1-4-10-26/h1-22H,(H,38,39)/b29-21+. The van der Waals surface area contributed by atoms with Crippen LogP contribution < -0.4 is 0 Å². The highest BCUT2D eigenvalue weighted by atomic mass is 16.4. The molecule has 0 aliphatic rings. The lowest BCUT2D eigenvalue weighted by Gasteiger charge is -2.18. The molecule has 0 saturated heterocycles. The Labute approximate surface area is 226 Å². The van der Waals surface area contributed by atoms with Gasteiger partial charge in [-0.05, 0) is 72.6 Å². The Morgan fingerprint density at radius 1 is 0.564 bits per heavy atom. The summed E-state index contributed by atoms with van der Waals surface area (Å²) in [6.07, 6.45) is 1.39. The van der Waals surface area contributed by atoms with E-state index >= 15 is 0 Å². The lowest BCUT2D eigenvalue weighted by Crippen LogP contribution is -1.97. The van der Waals surface area contributed by atoms with Gasteiger partial charge in [-0.1, -0.05) is 121 Å². The molecule has 0 aliphatic carbocycles. The molecule has 0 atom stereocenters. The number of hydrogen-bond donors (Lipinski definition) is 1. The molecule has 0 saturated carbocycles. The fourth-order valence-electron chi connectivity index (χ4n) is 5.27. The Kier molecular flexibility index (Phi) is 6.21. The number of nitriles is 1. The van der Waals surface area contributed by atoms with Crippen molar-refractivity contribution in [3.8, 4) is 39.4 Å². The van der Waals surface area contributed by atoms with Crippen molar-refractivity contribution < 1.29 is 9.90 Å². The normalized spacial score (nSPS) is 11.4. The topological polar surface area (TPSA) is 61.1 Å². The highest BCUT2D eigenvalue weighted by Gasteiger charge is 2.17. The van der Waals surface area contributed by atoms with Gasteiger partial charge in [0.2, 0.25) is 0 Å². The largest absolute Gasteiger partial charge is 0.477 e. The molecule has 6 aromatic carbocycles. The van der Waals surface area contributed by atoms with Crippen molar-refractivity contribution in [1.29, 1.82) is 5.26 Å². The first-order chi connectivity index (χ1) is 19.1. The number of rotatable bonds is 5. The first kappa shape index (κ1) is 23.9. The molecular weight excluding hydrogens is 478 g/mol. The molecule has 1 N–H and O–H groups in total. The maximum atomic E-state index is 11.2. The minimum absolute atomic E-state index is 0.290. The molecule has 39 heavy (non-hydrogen) atoms. The third kappa shape index (κ3) is 4.45. The number of aliphatic carboxylic acids is 1. The van der Waals surface area contributed by atoms with Gasteiger partial charge >= 0.3 is 5.97 Å². The van der Waals surface area contributed by atoms with Gasteiger partial charge in [-0.2, -0.15) is 5.26 Å². The highest BCUT2D eigenvalue weighted by molar-refractivity contribution is 6.21. The number of carboxylic acids is 1. The van der Waals surface area contributed by atoms with Gasteiger partial charge in [0, 0.05) is 0 Å². The Morgan fingerprint density at radius 2 is 1.05 bits per heavy atom. The van der Waals surface area contributed by atoms with Crippen LogP contribution >= 0.6 is 0 Å². The summed E-state index contributed by atoms with van der Waals surface area (Å²) in [6, 6.07) is 45.6. The van der Waals surface area contributed by atoms with Gasteiger partial charge in [-0.3, -0.25) is 0 Å². The van der Waals surface area contributed by atoms with E-state index in [0.717, 1.165) is 22.1 Å². The Bertz CT molecular complexity index is 1910. The van der Waals surface area contributed by atoms with Crippen LogP contribution in [0.3, 0.4) is 0 Å². The predicted molar refractivity (Wildman–Crippen MR) is 159 cm³/mol. The van der Waals surface area contributed by atoms with E-state index in [4.69, 9.17) is 5.26 Å². The van der Waals surface area contributed by atoms with Crippen molar-refractivity contribution in [2.45, 2.75) is 0 Å². The van der Waals surface area contributed by atoms with E-state index in [-0.39, 0.29) is 5.57 Å². The summed E-state index contributed by atoms with van der Waals surface area (Å²) in [5, 5.41) is 23.0. The molecule has 0 spiro atoms. The minimum Gasteiger partial charge on any atom is -0.477 e. The summed E-state index contributed by atoms with van der Waals surface area (Å²) < 4.78 is 0. The van der Waals surface area contributed by atoms with Gasteiger partial charge in [-0.15, -0.1) is 0 Å². The fraction of sp³-hybridized carbons (Fsp3) is 0. The molecule has 6 aromatic rings. The van der Waals surface area contributed by atoms with Gasteiger partial charge in [0.05, 0.1) is 0 Å². The zero-order valence-electron chi connectivity index (χ0n) is 21.0. The molecule has 0 aromatic heterocycles. The van der Waals surface area contributed by atoms with Crippen LogP contribution in [0.4, 0.5) is 0 Å². The molecule has 0 radical (unpaired) electrons. The molecule has 184 valence electrons. The van der Waals surface area contributed by atoms with Crippen LogP contribution in [0.2, 0.25) is 0 Å². The van der Waals surface area contributed by atoms with Crippen molar-refractivity contribution in [2.24, 2.45) is 0 Å². The van der Waals surface area contributed by atoms with Crippen LogP contribution in [0, 0.1) is 11.3 Å². The lowest BCUT2D eigenvalue weighted by atomic mass is 9.85. The number of benzene rings is 6. The van der Waals surface area contributed by atoms with Gasteiger partial charge in [0.1, 0.15) is 11.6 Å². The van der Waals surface area contributed by atoms with Crippen molar-refractivity contribution >= 4 is 33.6 Å². The second-order valence-electron chi connectivity index (χ2n) is 9.38. The van der Waals surface area contributed by atoms with Gasteiger partial charge < -0.3 is 5.11 Å². The molecule has 0 amide bonds. The van der Waals surface area contributed by atoms with E-state index in [9.17, 15) is 9.90 Å².